The maximum atomic E-state index is 10.2. The van der Waals surface area contributed by atoms with E-state index >= 15 is 0 Å². The lowest BCUT2D eigenvalue weighted by atomic mass is 10.3. The van der Waals surface area contributed by atoms with Gasteiger partial charge in [-0.05, 0) is 13.3 Å². The number of hydrogen-bond acceptors (Lipinski definition) is 3. The molecule has 3 N–H and O–H groups in total. The predicted octanol–water partition coefficient (Wildman–Crippen LogP) is 1.51. The second-order valence-electron chi connectivity index (χ2n) is 1.83. The minimum atomic E-state index is -0.195. The topological polar surface area (TPSA) is 61.3 Å². The summed E-state index contributed by atoms with van der Waals surface area (Å²) >= 11 is 0. The highest BCUT2D eigenvalue weighted by molar-refractivity contribution is 5.66. The molecule has 0 aromatic rings. The molecule has 1 atom stereocenters. The molecule has 0 fully saturated rings. The van der Waals surface area contributed by atoms with Crippen LogP contribution in [-0.2, 0) is 9.53 Å². The van der Waals surface area contributed by atoms with E-state index in [1.807, 2.05) is 13.8 Å². The Morgan fingerprint density at radius 1 is 1.67 bits per heavy atom. The molecule has 56 valence electrons. The van der Waals surface area contributed by atoms with Gasteiger partial charge in [-0.25, -0.2) is 0 Å². The van der Waals surface area contributed by atoms with Crippen LogP contribution in [0.3, 0.4) is 0 Å². The van der Waals surface area contributed by atoms with Crippen molar-refractivity contribution >= 4 is 5.97 Å². The number of esters is 1. The summed E-state index contributed by atoms with van der Waals surface area (Å²) in [6, 6.07) is 0. The number of carbonyl (C=O) groups excluding carboxylic acids is 1. The van der Waals surface area contributed by atoms with Gasteiger partial charge in [0.1, 0.15) is 0 Å². The van der Waals surface area contributed by atoms with Gasteiger partial charge < -0.3 is 10.9 Å². The highest BCUT2D eigenvalue weighted by atomic mass is 16.5. The van der Waals surface area contributed by atoms with Crippen molar-refractivity contribution in [2.45, 2.75) is 33.3 Å². The Kier molecular flexibility index (Phi) is 6.96. The van der Waals surface area contributed by atoms with Gasteiger partial charge in [0.2, 0.25) is 0 Å². The number of hydrogen-bond donors (Lipinski definition) is 1. The van der Waals surface area contributed by atoms with Crippen molar-refractivity contribution in [1.29, 1.82) is 0 Å². The average molecular weight is 133 g/mol. The molecule has 1 unspecified atom stereocenters. The zero-order valence-electron chi connectivity index (χ0n) is 6.31. The quantitative estimate of drug-likeness (QED) is 0.581. The van der Waals surface area contributed by atoms with Gasteiger partial charge in [0.05, 0.1) is 6.10 Å². The van der Waals surface area contributed by atoms with E-state index in [4.69, 9.17) is 4.74 Å². The van der Waals surface area contributed by atoms with Gasteiger partial charge in [0, 0.05) is 6.92 Å². The van der Waals surface area contributed by atoms with E-state index in [1.54, 1.807) is 0 Å². The van der Waals surface area contributed by atoms with Gasteiger partial charge in [-0.1, -0.05) is 6.92 Å². The zero-order chi connectivity index (χ0) is 6.57. The normalized spacial score (nSPS) is 11.4. The lowest BCUT2D eigenvalue weighted by molar-refractivity contribution is -0.145. The Labute approximate surface area is 56.0 Å². The van der Waals surface area contributed by atoms with E-state index in [9.17, 15) is 4.79 Å². The third-order valence-corrected chi connectivity index (χ3v) is 0.942. The van der Waals surface area contributed by atoms with Gasteiger partial charge in [0.25, 0.3) is 0 Å². The standard InChI is InChI=1S/C6H12O2.H3N/c1-4-5(2)8-6(3)7;/h5H,4H2,1-3H3;1H3. The van der Waals surface area contributed by atoms with Gasteiger partial charge in [-0.15, -0.1) is 0 Å². The van der Waals surface area contributed by atoms with E-state index in [0.29, 0.717) is 0 Å². The summed E-state index contributed by atoms with van der Waals surface area (Å²) in [6.07, 6.45) is 0.965. The van der Waals surface area contributed by atoms with Crippen molar-refractivity contribution in [2.24, 2.45) is 0 Å². The second kappa shape index (κ2) is 5.56. The minimum Gasteiger partial charge on any atom is -0.463 e. The fraction of sp³-hybridized carbons (Fsp3) is 0.833. The van der Waals surface area contributed by atoms with E-state index in [2.05, 4.69) is 0 Å². The maximum Gasteiger partial charge on any atom is 0.302 e. The van der Waals surface area contributed by atoms with Crippen molar-refractivity contribution < 1.29 is 9.53 Å². The van der Waals surface area contributed by atoms with Crippen LogP contribution in [-0.4, -0.2) is 12.1 Å². The fourth-order valence-corrected chi connectivity index (χ4v) is 0.367. The SMILES string of the molecule is CCC(C)OC(C)=O.N. The van der Waals surface area contributed by atoms with Crippen molar-refractivity contribution in [3.8, 4) is 0 Å². The first-order valence-corrected chi connectivity index (χ1v) is 2.84. The third-order valence-electron chi connectivity index (χ3n) is 0.942. The van der Waals surface area contributed by atoms with Crippen LogP contribution < -0.4 is 6.15 Å². The Bertz CT molecular complexity index is 83.1. The first-order valence-electron chi connectivity index (χ1n) is 2.84. The number of rotatable bonds is 2. The first-order chi connectivity index (χ1) is 3.66. The van der Waals surface area contributed by atoms with E-state index < -0.39 is 0 Å². The molecule has 0 heterocycles. The maximum absolute atomic E-state index is 10.2. The largest absolute Gasteiger partial charge is 0.463 e. The third kappa shape index (κ3) is 7.43. The first kappa shape index (κ1) is 11.3. The molecule has 0 aliphatic rings. The average Bonchev–Trinajstić information content (AvgIpc) is 1.65. The molecule has 0 amide bonds. The molecule has 0 radical (unpaired) electrons. The Balaban J connectivity index is 0. The molecule has 9 heavy (non-hydrogen) atoms. The molecule has 0 bridgehead atoms. The molecule has 0 aromatic carbocycles. The molecular weight excluding hydrogens is 118 g/mol. The molecule has 3 nitrogen and oxygen atoms in total. The molecule has 0 saturated heterocycles. The summed E-state index contributed by atoms with van der Waals surface area (Å²) in [5.41, 5.74) is 0. The van der Waals surface area contributed by atoms with Crippen molar-refractivity contribution in [3.63, 3.8) is 0 Å². The molecule has 0 spiro atoms. The van der Waals surface area contributed by atoms with Gasteiger partial charge in [-0.3, -0.25) is 4.79 Å². The number of carbonyl (C=O) groups is 1. The Morgan fingerprint density at radius 3 is 2.22 bits per heavy atom. The van der Waals surface area contributed by atoms with E-state index in [0.717, 1.165) is 6.42 Å². The van der Waals surface area contributed by atoms with Crippen molar-refractivity contribution in [1.82, 2.24) is 6.15 Å². The van der Waals surface area contributed by atoms with Crippen LogP contribution in [0.25, 0.3) is 0 Å². The fourth-order valence-electron chi connectivity index (χ4n) is 0.367. The van der Waals surface area contributed by atoms with Crippen LogP contribution in [0.4, 0.5) is 0 Å². The monoisotopic (exact) mass is 133 g/mol. The van der Waals surface area contributed by atoms with Gasteiger partial charge in [0.15, 0.2) is 0 Å². The molecule has 0 aliphatic carbocycles. The smallest absolute Gasteiger partial charge is 0.302 e. The lowest BCUT2D eigenvalue weighted by Gasteiger charge is -2.06. The van der Waals surface area contributed by atoms with Gasteiger partial charge >= 0.3 is 5.97 Å². The summed E-state index contributed by atoms with van der Waals surface area (Å²) in [6.45, 7) is 5.28. The Morgan fingerprint density at radius 2 is 2.11 bits per heavy atom. The summed E-state index contributed by atoms with van der Waals surface area (Å²) in [5.74, 6) is -0.195. The van der Waals surface area contributed by atoms with Crippen LogP contribution >= 0.6 is 0 Å². The van der Waals surface area contributed by atoms with Crippen molar-refractivity contribution in [2.75, 3.05) is 0 Å². The molecule has 0 rings (SSSR count). The van der Waals surface area contributed by atoms with Crippen LogP contribution in [0.2, 0.25) is 0 Å². The Hall–Kier alpha value is -0.570. The lowest BCUT2D eigenvalue weighted by Crippen LogP contribution is -2.09. The molecule has 0 saturated carbocycles. The highest BCUT2D eigenvalue weighted by Crippen LogP contribution is 1.94. The summed E-state index contributed by atoms with van der Waals surface area (Å²) in [5, 5.41) is 0. The van der Waals surface area contributed by atoms with Gasteiger partial charge in [-0.2, -0.15) is 0 Å². The molecular formula is C6H15NO2. The van der Waals surface area contributed by atoms with Crippen molar-refractivity contribution in [3.05, 3.63) is 0 Å². The van der Waals surface area contributed by atoms with E-state index in [1.165, 1.54) is 6.92 Å². The molecule has 0 aromatic heterocycles. The minimum absolute atomic E-state index is 0. The molecule has 0 aliphatic heterocycles. The zero-order valence-corrected chi connectivity index (χ0v) is 6.31. The highest BCUT2D eigenvalue weighted by Gasteiger charge is 1.99. The van der Waals surface area contributed by atoms with Crippen LogP contribution in [0.1, 0.15) is 27.2 Å². The molecule has 3 heteroatoms. The summed E-state index contributed by atoms with van der Waals surface area (Å²) < 4.78 is 4.76. The van der Waals surface area contributed by atoms with E-state index in [-0.39, 0.29) is 18.2 Å². The van der Waals surface area contributed by atoms with Crippen LogP contribution in [0.15, 0.2) is 0 Å². The number of ether oxygens (including phenoxy) is 1. The summed E-state index contributed by atoms with van der Waals surface area (Å²) in [7, 11) is 0. The van der Waals surface area contributed by atoms with Crippen LogP contribution in [0, 0.1) is 0 Å². The van der Waals surface area contributed by atoms with Crippen LogP contribution in [0.5, 0.6) is 0 Å². The second-order valence-corrected chi connectivity index (χ2v) is 1.83. The summed E-state index contributed by atoms with van der Waals surface area (Å²) in [4.78, 5) is 10.2. The predicted molar refractivity (Wildman–Crippen MR) is 36.5 cm³/mol.